The normalized spacial score (nSPS) is 11.7. The Morgan fingerprint density at radius 3 is 2.08 bits per heavy atom. The largest absolute Gasteiger partial charge is 0.455 e. The molecule has 1 atom stereocenters. The second-order valence-corrected chi connectivity index (χ2v) is 6.19. The van der Waals surface area contributed by atoms with Gasteiger partial charge in [0.05, 0.1) is 5.92 Å². The molecule has 0 bridgehead atoms. The van der Waals surface area contributed by atoms with Crippen LogP contribution < -0.4 is 5.32 Å². The van der Waals surface area contributed by atoms with Crippen LogP contribution in [0.1, 0.15) is 49.8 Å². The maximum Gasteiger partial charge on any atom is 0.313 e. The molecule has 1 N–H and O–H groups in total. The molecule has 0 saturated heterocycles. The monoisotopic (exact) mass is 353 g/mol. The summed E-state index contributed by atoms with van der Waals surface area (Å²) in [6.07, 6.45) is 2.29. The molecule has 0 aliphatic rings. The number of rotatable bonds is 8. The predicted molar refractivity (Wildman–Crippen MR) is 104 cm³/mol. The number of hydrogen-bond donors (Lipinski definition) is 1. The summed E-state index contributed by atoms with van der Waals surface area (Å²) < 4.78 is 5.28. The summed E-state index contributed by atoms with van der Waals surface area (Å²) in [6.45, 7) is 5.76. The summed E-state index contributed by atoms with van der Waals surface area (Å²) in [5.74, 6) is -1.02. The van der Waals surface area contributed by atoms with Crippen LogP contribution in [0.2, 0.25) is 0 Å². The summed E-state index contributed by atoms with van der Waals surface area (Å²) in [7, 11) is 0. The van der Waals surface area contributed by atoms with Crippen LogP contribution in [0.3, 0.4) is 0 Å². The highest BCUT2D eigenvalue weighted by atomic mass is 16.5. The van der Waals surface area contributed by atoms with E-state index < -0.39 is 0 Å². The van der Waals surface area contributed by atoms with Crippen molar-refractivity contribution in [3.05, 3.63) is 65.2 Å². The molecule has 2 aromatic carbocycles. The number of carbonyl (C=O) groups is 2. The molecule has 4 nitrogen and oxygen atoms in total. The number of benzene rings is 2. The van der Waals surface area contributed by atoms with Crippen molar-refractivity contribution in [3.8, 4) is 0 Å². The minimum Gasteiger partial charge on any atom is -0.455 e. The first-order valence-electron chi connectivity index (χ1n) is 9.22. The van der Waals surface area contributed by atoms with Crippen LogP contribution in [-0.4, -0.2) is 18.5 Å². The molecule has 0 fully saturated rings. The number of anilines is 1. The average Bonchev–Trinajstić information content (AvgIpc) is 2.68. The highest BCUT2D eigenvalue weighted by Gasteiger charge is 2.21. The SMILES string of the molecule is CCc1cccc(CC)c1NC(=O)COC(=O)[C@H](CC)c1ccccc1. The molecule has 138 valence electrons. The first-order valence-corrected chi connectivity index (χ1v) is 9.22. The Morgan fingerprint density at radius 2 is 1.54 bits per heavy atom. The van der Waals surface area contributed by atoms with Gasteiger partial charge in [-0.25, -0.2) is 0 Å². The van der Waals surface area contributed by atoms with Crippen LogP contribution >= 0.6 is 0 Å². The van der Waals surface area contributed by atoms with Gasteiger partial charge in [0.15, 0.2) is 6.61 Å². The van der Waals surface area contributed by atoms with E-state index in [-0.39, 0.29) is 24.4 Å². The van der Waals surface area contributed by atoms with E-state index in [1.54, 1.807) is 0 Å². The molecule has 26 heavy (non-hydrogen) atoms. The van der Waals surface area contributed by atoms with E-state index in [1.807, 2.05) is 55.5 Å². The molecule has 0 aromatic heterocycles. The van der Waals surface area contributed by atoms with Crippen molar-refractivity contribution < 1.29 is 14.3 Å². The fourth-order valence-corrected chi connectivity index (χ4v) is 3.04. The number of amides is 1. The second kappa shape index (κ2) is 9.76. The lowest BCUT2D eigenvalue weighted by Gasteiger charge is -2.16. The van der Waals surface area contributed by atoms with Gasteiger partial charge in [-0.15, -0.1) is 0 Å². The van der Waals surface area contributed by atoms with E-state index in [1.165, 1.54) is 0 Å². The number of esters is 1. The highest BCUT2D eigenvalue weighted by molar-refractivity contribution is 5.94. The molecule has 0 radical (unpaired) electrons. The zero-order valence-electron chi connectivity index (χ0n) is 15.7. The summed E-state index contributed by atoms with van der Waals surface area (Å²) in [4.78, 5) is 24.7. The maximum absolute atomic E-state index is 12.4. The summed E-state index contributed by atoms with van der Waals surface area (Å²) >= 11 is 0. The van der Waals surface area contributed by atoms with Gasteiger partial charge >= 0.3 is 5.97 Å². The fraction of sp³-hybridized carbons (Fsp3) is 0.364. The minimum absolute atomic E-state index is 0.274. The van der Waals surface area contributed by atoms with Crippen molar-refractivity contribution in [2.75, 3.05) is 11.9 Å². The van der Waals surface area contributed by atoms with Gasteiger partial charge in [-0.1, -0.05) is 69.3 Å². The molecule has 0 unspecified atom stereocenters. The van der Waals surface area contributed by atoms with Crippen molar-refractivity contribution in [2.45, 2.75) is 46.0 Å². The third-order valence-corrected chi connectivity index (χ3v) is 4.50. The lowest BCUT2D eigenvalue weighted by molar-refractivity contribution is -0.149. The van der Waals surface area contributed by atoms with Crippen LogP contribution in [0.4, 0.5) is 5.69 Å². The smallest absolute Gasteiger partial charge is 0.313 e. The van der Waals surface area contributed by atoms with E-state index in [2.05, 4.69) is 19.2 Å². The first kappa shape index (κ1) is 19.7. The highest BCUT2D eigenvalue weighted by Crippen LogP contribution is 2.23. The molecule has 0 aliphatic heterocycles. The zero-order valence-corrected chi connectivity index (χ0v) is 15.7. The van der Waals surface area contributed by atoms with Crippen LogP contribution in [0.5, 0.6) is 0 Å². The molecular weight excluding hydrogens is 326 g/mol. The Labute approximate surface area is 155 Å². The van der Waals surface area contributed by atoms with Gasteiger partial charge in [0.1, 0.15) is 0 Å². The Bertz CT molecular complexity index is 718. The molecular formula is C22H27NO3. The van der Waals surface area contributed by atoms with E-state index in [4.69, 9.17) is 4.74 Å². The van der Waals surface area contributed by atoms with Gasteiger partial charge in [-0.3, -0.25) is 9.59 Å². The Balaban J connectivity index is 2.00. The molecule has 0 heterocycles. The van der Waals surface area contributed by atoms with E-state index in [9.17, 15) is 9.59 Å². The van der Waals surface area contributed by atoms with Crippen molar-refractivity contribution in [1.29, 1.82) is 0 Å². The van der Waals surface area contributed by atoms with Gasteiger partial charge in [0.25, 0.3) is 5.91 Å². The van der Waals surface area contributed by atoms with E-state index in [0.717, 1.165) is 35.2 Å². The maximum atomic E-state index is 12.4. The standard InChI is InChI=1S/C22H27NO3/c1-4-16-13-10-14-17(5-2)21(16)23-20(24)15-26-22(25)19(6-3)18-11-8-7-9-12-18/h7-14,19H,4-6,15H2,1-3H3,(H,23,24)/t19-/m1/s1. The Kier molecular flexibility index (Phi) is 7.39. The third kappa shape index (κ3) is 4.94. The lowest BCUT2D eigenvalue weighted by Crippen LogP contribution is -2.24. The van der Waals surface area contributed by atoms with Crippen molar-refractivity contribution in [3.63, 3.8) is 0 Å². The van der Waals surface area contributed by atoms with Crippen LogP contribution in [-0.2, 0) is 27.2 Å². The van der Waals surface area contributed by atoms with Crippen molar-refractivity contribution >= 4 is 17.6 Å². The molecule has 0 aliphatic carbocycles. The summed E-state index contributed by atoms with van der Waals surface area (Å²) in [5, 5.41) is 2.92. The van der Waals surface area contributed by atoms with E-state index in [0.29, 0.717) is 6.42 Å². The second-order valence-electron chi connectivity index (χ2n) is 6.19. The van der Waals surface area contributed by atoms with Crippen LogP contribution in [0.15, 0.2) is 48.5 Å². The lowest BCUT2D eigenvalue weighted by atomic mass is 9.97. The van der Waals surface area contributed by atoms with Crippen LogP contribution in [0, 0.1) is 0 Å². The quantitative estimate of drug-likeness (QED) is 0.712. The molecule has 0 spiro atoms. The van der Waals surface area contributed by atoms with Gasteiger partial charge in [-0.2, -0.15) is 0 Å². The number of carbonyl (C=O) groups excluding carboxylic acids is 2. The van der Waals surface area contributed by atoms with Gasteiger partial charge in [-0.05, 0) is 36.0 Å². The number of hydrogen-bond acceptors (Lipinski definition) is 3. The molecule has 4 heteroatoms. The molecule has 2 rings (SSSR count). The number of aryl methyl sites for hydroxylation is 2. The predicted octanol–water partition coefficient (Wildman–Crippen LogP) is 4.49. The van der Waals surface area contributed by atoms with Gasteiger partial charge in [0.2, 0.25) is 0 Å². The van der Waals surface area contributed by atoms with E-state index >= 15 is 0 Å². The summed E-state index contributed by atoms with van der Waals surface area (Å²) in [6, 6.07) is 15.5. The number of para-hydroxylation sites is 1. The Hall–Kier alpha value is -2.62. The summed E-state index contributed by atoms with van der Waals surface area (Å²) in [5.41, 5.74) is 3.91. The number of ether oxygens (including phenoxy) is 1. The fourth-order valence-electron chi connectivity index (χ4n) is 3.04. The zero-order chi connectivity index (χ0) is 18.9. The Morgan fingerprint density at radius 1 is 0.923 bits per heavy atom. The van der Waals surface area contributed by atoms with Crippen molar-refractivity contribution in [1.82, 2.24) is 0 Å². The van der Waals surface area contributed by atoms with Gasteiger partial charge < -0.3 is 10.1 Å². The molecule has 1 amide bonds. The molecule has 2 aromatic rings. The van der Waals surface area contributed by atoms with Gasteiger partial charge in [0, 0.05) is 5.69 Å². The minimum atomic E-state index is -0.367. The number of nitrogens with one attached hydrogen (secondary N) is 1. The third-order valence-electron chi connectivity index (χ3n) is 4.50. The van der Waals surface area contributed by atoms with Crippen molar-refractivity contribution in [2.24, 2.45) is 0 Å². The molecule has 0 saturated carbocycles. The average molecular weight is 353 g/mol. The topological polar surface area (TPSA) is 55.4 Å². The first-order chi connectivity index (χ1) is 12.6. The van der Waals surface area contributed by atoms with Crippen LogP contribution in [0.25, 0.3) is 0 Å².